The first-order valence-corrected chi connectivity index (χ1v) is 10.6. The summed E-state index contributed by atoms with van der Waals surface area (Å²) in [5.41, 5.74) is 1.32. The first kappa shape index (κ1) is 22.5. The lowest BCUT2D eigenvalue weighted by Crippen LogP contribution is -2.30. The summed E-state index contributed by atoms with van der Waals surface area (Å²) in [6, 6.07) is 10.6. The monoisotopic (exact) mass is 425 g/mol. The van der Waals surface area contributed by atoms with Crippen LogP contribution in [0.2, 0.25) is 0 Å². The number of aliphatic hydroxyl groups is 1. The maximum atomic E-state index is 13.7. The zero-order chi connectivity index (χ0) is 22.7. The average Bonchev–Trinajstić information content (AvgIpc) is 2.98. The zero-order valence-electron chi connectivity index (χ0n) is 18.3. The van der Waals surface area contributed by atoms with Crippen LogP contribution in [0.1, 0.15) is 56.3 Å². The van der Waals surface area contributed by atoms with E-state index in [0.717, 1.165) is 12.8 Å². The first-order valence-electron chi connectivity index (χ1n) is 10.6. The van der Waals surface area contributed by atoms with Gasteiger partial charge in [-0.15, -0.1) is 0 Å². The summed E-state index contributed by atoms with van der Waals surface area (Å²) >= 11 is 0. The molecule has 2 aromatic carbocycles. The number of Topliss-reactive ketones (excluding diaryl/α,β-unsaturated/α-hetero) is 1. The SMILES string of the molecule is CCCCN1C(=O)C(=O)/C(=C(\O)c2ccc(F)c(C)c2)C1c1cccc(OC(C)C)c1. The molecule has 3 rings (SSSR count). The van der Waals surface area contributed by atoms with Gasteiger partial charge in [0.2, 0.25) is 0 Å². The van der Waals surface area contributed by atoms with Crippen LogP contribution in [0, 0.1) is 12.7 Å². The maximum Gasteiger partial charge on any atom is 0.295 e. The lowest BCUT2D eigenvalue weighted by atomic mass is 9.94. The number of aryl methyl sites for hydroxylation is 1. The van der Waals surface area contributed by atoms with E-state index in [4.69, 9.17) is 4.74 Å². The van der Waals surface area contributed by atoms with Crippen molar-refractivity contribution in [3.05, 3.63) is 70.5 Å². The topological polar surface area (TPSA) is 66.8 Å². The number of aliphatic hydroxyl groups excluding tert-OH is 1. The molecule has 0 saturated carbocycles. The van der Waals surface area contributed by atoms with Crippen molar-refractivity contribution < 1.29 is 23.8 Å². The molecule has 5 nitrogen and oxygen atoms in total. The minimum Gasteiger partial charge on any atom is -0.507 e. The second-order valence-corrected chi connectivity index (χ2v) is 8.05. The van der Waals surface area contributed by atoms with E-state index in [2.05, 4.69) is 0 Å². The molecule has 1 aliphatic heterocycles. The molecule has 0 bridgehead atoms. The van der Waals surface area contributed by atoms with Crippen molar-refractivity contribution in [3.8, 4) is 5.75 Å². The van der Waals surface area contributed by atoms with E-state index in [1.54, 1.807) is 19.1 Å². The van der Waals surface area contributed by atoms with Crippen molar-refractivity contribution in [1.82, 2.24) is 4.90 Å². The van der Waals surface area contributed by atoms with E-state index >= 15 is 0 Å². The average molecular weight is 426 g/mol. The van der Waals surface area contributed by atoms with Crippen LogP contribution in [-0.2, 0) is 9.59 Å². The number of rotatable bonds is 7. The molecular weight excluding hydrogens is 397 g/mol. The summed E-state index contributed by atoms with van der Waals surface area (Å²) in [5.74, 6) is -1.48. The van der Waals surface area contributed by atoms with Gasteiger partial charge in [0.1, 0.15) is 17.3 Å². The Hall–Kier alpha value is -3.15. The number of hydrogen-bond donors (Lipinski definition) is 1. The van der Waals surface area contributed by atoms with Gasteiger partial charge in [0.05, 0.1) is 17.7 Å². The number of benzene rings is 2. The number of carbonyl (C=O) groups excluding carboxylic acids is 2. The summed E-state index contributed by atoms with van der Waals surface area (Å²) in [6.45, 7) is 7.80. The molecule has 1 atom stereocenters. The molecule has 31 heavy (non-hydrogen) atoms. The normalized spacial score (nSPS) is 18.1. The highest BCUT2D eigenvalue weighted by molar-refractivity contribution is 6.46. The molecule has 1 amide bonds. The maximum absolute atomic E-state index is 13.7. The highest BCUT2D eigenvalue weighted by Crippen LogP contribution is 2.40. The van der Waals surface area contributed by atoms with E-state index in [1.165, 1.54) is 23.1 Å². The summed E-state index contributed by atoms with van der Waals surface area (Å²) in [5, 5.41) is 11.0. The summed E-state index contributed by atoms with van der Waals surface area (Å²) in [6.07, 6.45) is 1.54. The number of unbranched alkanes of at least 4 members (excludes halogenated alkanes) is 1. The third kappa shape index (κ3) is 4.63. The van der Waals surface area contributed by atoms with Gasteiger partial charge in [-0.3, -0.25) is 9.59 Å². The standard InChI is InChI=1S/C25H28FNO4/c1-5-6-12-27-22(17-8-7-9-19(14-17)31-15(2)3)21(24(29)25(27)30)23(28)18-10-11-20(26)16(4)13-18/h7-11,13-15,22,28H,5-6,12H2,1-4H3/b23-21-. The summed E-state index contributed by atoms with van der Waals surface area (Å²) in [7, 11) is 0. The quantitative estimate of drug-likeness (QED) is 0.379. The van der Waals surface area contributed by atoms with E-state index in [-0.39, 0.29) is 17.4 Å². The molecule has 2 aromatic rings. The highest BCUT2D eigenvalue weighted by Gasteiger charge is 2.45. The Kier molecular flexibility index (Phi) is 6.78. The molecule has 0 aliphatic carbocycles. The van der Waals surface area contributed by atoms with Gasteiger partial charge in [-0.1, -0.05) is 25.5 Å². The number of likely N-dealkylation sites (tertiary alicyclic amines) is 1. The van der Waals surface area contributed by atoms with Crippen molar-refractivity contribution in [1.29, 1.82) is 0 Å². The van der Waals surface area contributed by atoms with Gasteiger partial charge in [0.25, 0.3) is 11.7 Å². The molecule has 1 N–H and O–H groups in total. The predicted octanol–water partition coefficient (Wildman–Crippen LogP) is 5.14. The van der Waals surface area contributed by atoms with Gasteiger partial charge < -0.3 is 14.7 Å². The van der Waals surface area contributed by atoms with Crippen LogP contribution in [0.5, 0.6) is 5.75 Å². The number of amides is 1. The third-order valence-electron chi connectivity index (χ3n) is 5.27. The molecule has 0 radical (unpaired) electrons. The van der Waals surface area contributed by atoms with Gasteiger partial charge in [-0.25, -0.2) is 4.39 Å². The molecule has 164 valence electrons. The van der Waals surface area contributed by atoms with Crippen LogP contribution in [0.25, 0.3) is 5.76 Å². The Balaban J connectivity index is 2.16. The molecular formula is C25H28FNO4. The van der Waals surface area contributed by atoms with Gasteiger partial charge in [-0.2, -0.15) is 0 Å². The Morgan fingerprint density at radius 1 is 1.19 bits per heavy atom. The predicted molar refractivity (Wildman–Crippen MR) is 117 cm³/mol. The second kappa shape index (κ2) is 9.33. The van der Waals surface area contributed by atoms with Crippen molar-refractivity contribution in [2.45, 2.75) is 52.7 Å². The molecule has 0 aromatic heterocycles. The molecule has 1 aliphatic rings. The third-order valence-corrected chi connectivity index (χ3v) is 5.27. The Labute approximate surface area is 182 Å². The largest absolute Gasteiger partial charge is 0.507 e. The minimum atomic E-state index is -0.743. The van der Waals surface area contributed by atoms with Crippen molar-refractivity contribution in [2.75, 3.05) is 6.54 Å². The lowest BCUT2D eigenvalue weighted by molar-refractivity contribution is -0.139. The van der Waals surface area contributed by atoms with Crippen LogP contribution < -0.4 is 4.74 Å². The fourth-order valence-electron chi connectivity index (χ4n) is 3.76. The van der Waals surface area contributed by atoms with Crippen molar-refractivity contribution in [3.63, 3.8) is 0 Å². The van der Waals surface area contributed by atoms with Crippen LogP contribution in [0.4, 0.5) is 4.39 Å². The Morgan fingerprint density at radius 3 is 2.58 bits per heavy atom. The van der Waals surface area contributed by atoms with Gasteiger partial charge in [0.15, 0.2) is 0 Å². The number of halogens is 1. The summed E-state index contributed by atoms with van der Waals surface area (Å²) < 4.78 is 19.5. The molecule has 1 fully saturated rings. The number of ether oxygens (including phenoxy) is 1. The Bertz CT molecular complexity index is 1030. The van der Waals surface area contributed by atoms with Crippen molar-refractivity contribution in [2.24, 2.45) is 0 Å². The smallest absolute Gasteiger partial charge is 0.295 e. The molecule has 1 heterocycles. The second-order valence-electron chi connectivity index (χ2n) is 8.05. The molecule has 1 saturated heterocycles. The molecule has 0 spiro atoms. The van der Waals surface area contributed by atoms with Gasteiger partial charge in [0, 0.05) is 12.1 Å². The van der Waals surface area contributed by atoms with Crippen LogP contribution in [0.3, 0.4) is 0 Å². The van der Waals surface area contributed by atoms with E-state index in [9.17, 15) is 19.1 Å². The van der Waals surface area contributed by atoms with Crippen LogP contribution in [0.15, 0.2) is 48.0 Å². The van der Waals surface area contributed by atoms with E-state index in [0.29, 0.717) is 29.0 Å². The van der Waals surface area contributed by atoms with E-state index < -0.39 is 23.5 Å². The van der Waals surface area contributed by atoms with Gasteiger partial charge >= 0.3 is 0 Å². The van der Waals surface area contributed by atoms with Gasteiger partial charge in [-0.05, 0) is 68.7 Å². The summed E-state index contributed by atoms with van der Waals surface area (Å²) in [4.78, 5) is 27.3. The minimum absolute atomic E-state index is 0.00816. The number of nitrogens with zero attached hydrogens (tertiary/aromatic N) is 1. The highest BCUT2D eigenvalue weighted by atomic mass is 19.1. The fourth-order valence-corrected chi connectivity index (χ4v) is 3.76. The van der Waals surface area contributed by atoms with Crippen LogP contribution >= 0.6 is 0 Å². The molecule has 6 heteroatoms. The van der Waals surface area contributed by atoms with Crippen molar-refractivity contribution >= 4 is 17.4 Å². The lowest BCUT2D eigenvalue weighted by Gasteiger charge is -2.25. The number of hydrogen-bond acceptors (Lipinski definition) is 4. The zero-order valence-corrected chi connectivity index (χ0v) is 18.3. The Morgan fingerprint density at radius 2 is 1.94 bits per heavy atom. The number of carbonyl (C=O) groups is 2. The number of ketones is 1. The first-order chi connectivity index (χ1) is 14.7. The molecule has 1 unspecified atom stereocenters. The van der Waals surface area contributed by atoms with Crippen LogP contribution in [-0.4, -0.2) is 34.3 Å². The van der Waals surface area contributed by atoms with E-state index in [1.807, 2.05) is 32.9 Å². The fraction of sp³-hybridized carbons (Fsp3) is 0.360.